The first-order chi connectivity index (χ1) is 9.39. The molecule has 2 rings (SSSR count). The Balaban J connectivity index is 2.22. The quantitative estimate of drug-likeness (QED) is 0.865. The molecule has 1 aromatic rings. The second kappa shape index (κ2) is 4.68. The molecule has 0 atom stereocenters. The van der Waals surface area contributed by atoms with E-state index in [0.717, 1.165) is 18.2 Å². The lowest BCUT2D eigenvalue weighted by molar-refractivity contribution is 0.0939. The van der Waals surface area contributed by atoms with Crippen LogP contribution in [0.3, 0.4) is 0 Å². The third-order valence-electron chi connectivity index (χ3n) is 4.76. The van der Waals surface area contributed by atoms with Crippen LogP contribution in [-0.2, 0) is 9.05 Å². The van der Waals surface area contributed by atoms with E-state index in [1.165, 1.54) is 0 Å². The highest BCUT2D eigenvalue weighted by molar-refractivity contribution is 8.13. The topological polar surface area (TPSA) is 63.2 Å². The van der Waals surface area contributed by atoms with E-state index in [-0.39, 0.29) is 27.3 Å². The molecule has 0 aromatic heterocycles. The molecule has 1 N–H and O–H groups in total. The van der Waals surface area contributed by atoms with Crippen molar-refractivity contribution in [2.45, 2.75) is 38.6 Å². The molecule has 0 heterocycles. The lowest BCUT2D eigenvalue weighted by atomic mass is 10.0. The molecule has 0 radical (unpaired) electrons. The van der Waals surface area contributed by atoms with Crippen molar-refractivity contribution in [1.29, 1.82) is 0 Å². The highest BCUT2D eigenvalue weighted by atomic mass is 35.7. The summed E-state index contributed by atoms with van der Waals surface area (Å²) in [5, 5.41) is 2.79. The summed E-state index contributed by atoms with van der Waals surface area (Å²) >= 11 is 0. The number of amides is 1. The molecule has 4 nitrogen and oxygen atoms in total. The molecule has 0 spiro atoms. The molecule has 116 valence electrons. The lowest BCUT2D eigenvalue weighted by Crippen LogP contribution is -2.30. The fraction of sp³-hybridized carbons (Fsp3) is 0.500. The van der Waals surface area contributed by atoms with Gasteiger partial charge in [0, 0.05) is 16.7 Å². The molecule has 0 unspecified atom stereocenters. The summed E-state index contributed by atoms with van der Waals surface area (Å²) in [7, 11) is 1.12. The Labute approximate surface area is 128 Å². The zero-order valence-electron chi connectivity index (χ0n) is 12.2. The van der Waals surface area contributed by atoms with E-state index in [1.807, 2.05) is 27.7 Å². The van der Waals surface area contributed by atoms with Crippen LogP contribution in [0.25, 0.3) is 0 Å². The van der Waals surface area contributed by atoms with Gasteiger partial charge in [-0.05, 0) is 29.0 Å². The molecule has 0 aliphatic heterocycles. The first-order valence-electron chi connectivity index (χ1n) is 6.44. The molecule has 0 bridgehead atoms. The second-order valence-corrected chi connectivity index (χ2v) is 9.00. The Morgan fingerprint density at radius 1 is 1.24 bits per heavy atom. The van der Waals surface area contributed by atoms with E-state index in [1.54, 1.807) is 0 Å². The van der Waals surface area contributed by atoms with Gasteiger partial charge in [0.2, 0.25) is 0 Å². The maximum atomic E-state index is 13.9. The van der Waals surface area contributed by atoms with Crippen LogP contribution >= 0.6 is 10.7 Å². The summed E-state index contributed by atoms with van der Waals surface area (Å²) in [4.78, 5) is 11.7. The third kappa shape index (κ3) is 2.66. The maximum absolute atomic E-state index is 13.9. The Bertz CT molecular complexity index is 699. The van der Waals surface area contributed by atoms with Gasteiger partial charge in [0.1, 0.15) is 5.82 Å². The van der Waals surface area contributed by atoms with Crippen LogP contribution in [0, 0.1) is 16.6 Å². The van der Waals surface area contributed by atoms with Crippen LogP contribution in [0.15, 0.2) is 23.1 Å². The van der Waals surface area contributed by atoms with Gasteiger partial charge in [-0.3, -0.25) is 4.79 Å². The summed E-state index contributed by atoms with van der Waals surface area (Å²) in [5.41, 5.74) is -0.338. The van der Waals surface area contributed by atoms with Crippen LogP contribution in [0.5, 0.6) is 0 Å². The van der Waals surface area contributed by atoms with E-state index in [9.17, 15) is 17.6 Å². The standard InChI is InChI=1S/C14H17ClFNO3S/c1-13(2)12(14(13,3)4)17-11(18)9-6-5-8(7-10(9)16)21(15,19)20/h5-7,12H,1-4H3,(H,17,18). The van der Waals surface area contributed by atoms with Gasteiger partial charge in [0.15, 0.2) is 0 Å². The van der Waals surface area contributed by atoms with Crippen molar-refractivity contribution >= 4 is 25.6 Å². The van der Waals surface area contributed by atoms with E-state index in [2.05, 4.69) is 5.32 Å². The van der Waals surface area contributed by atoms with Crippen LogP contribution < -0.4 is 5.32 Å². The van der Waals surface area contributed by atoms with Gasteiger partial charge in [-0.1, -0.05) is 27.7 Å². The summed E-state index contributed by atoms with van der Waals surface area (Å²) in [5.74, 6) is -1.47. The van der Waals surface area contributed by atoms with Gasteiger partial charge in [0.25, 0.3) is 15.0 Å². The summed E-state index contributed by atoms with van der Waals surface area (Å²) in [6, 6.07) is 2.93. The van der Waals surface area contributed by atoms with Crippen molar-refractivity contribution in [2.75, 3.05) is 0 Å². The number of hydrogen-bond donors (Lipinski definition) is 1. The van der Waals surface area contributed by atoms with Crippen molar-refractivity contribution in [3.8, 4) is 0 Å². The SMILES string of the molecule is CC1(C)C(NC(=O)c2ccc(S(=O)(=O)Cl)cc2F)C1(C)C. The molecular formula is C14H17ClFNO3S. The predicted octanol–water partition coefficient (Wildman–Crippen LogP) is 2.92. The highest BCUT2D eigenvalue weighted by Gasteiger charge is 2.65. The molecule has 0 saturated heterocycles. The van der Waals surface area contributed by atoms with Gasteiger partial charge in [-0.25, -0.2) is 12.8 Å². The van der Waals surface area contributed by atoms with Crippen LogP contribution in [-0.4, -0.2) is 20.4 Å². The smallest absolute Gasteiger partial charge is 0.261 e. The van der Waals surface area contributed by atoms with Gasteiger partial charge in [-0.15, -0.1) is 0 Å². The van der Waals surface area contributed by atoms with Crippen molar-refractivity contribution in [3.63, 3.8) is 0 Å². The third-order valence-corrected chi connectivity index (χ3v) is 6.11. The molecular weight excluding hydrogens is 317 g/mol. The van der Waals surface area contributed by atoms with Crippen molar-refractivity contribution in [1.82, 2.24) is 5.32 Å². The Hall–Kier alpha value is -1.14. The number of nitrogens with one attached hydrogen (secondary N) is 1. The largest absolute Gasteiger partial charge is 0.348 e. The van der Waals surface area contributed by atoms with Crippen LogP contribution in [0.2, 0.25) is 0 Å². The van der Waals surface area contributed by atoms with Gasteiger partial charge < -0.3 is 5.32 Å². The summed E-state index contributed by atoms with van der Waals surface area (Å²) in [6.07, 6.45) is 0. The maximum Gasteiger partial charge on any atom is 0.261 e. The molecule has 1 aromatic carbocycles. The highest BCUT2D eigenvalue weighted by Crippen LogP contribution is 2.62. The fourth-order valence-corrected chi connectivity index (χ4v) is 3.36. The van der Waals surface area contributed by atoms with E-state index in [0.29, 0.717) is 0 Å². The minimum atomic E-state index is -4.02. The number of benzene rings is 1. The molecule has 1 aliphatic rings. The minimum Gasteiger partial charge on any atom is -0.348 e. The van der Waals surface area contributed by atoms with E-state index >= 15 is 0 Å². The average molecular weight is 334 g/mol. The van der Waals surface area contributed by atoms with Gasteiger partial charge in [0.05, 0.1) is 10.5 Å². The Kier molecular flexibility index (Phi) is 3.62. The molecule has 1 aliphatic carbocycles. The van der Waals surface area contributed by atoms with Crippen molar-refractivity contribution in [2.24, 2.45) is 10.8 Å². The van der Waals surface area contributed by atoms with Crippen LogP contribution in [0.4, 0.5) is 4.39 Å². The number of carbonyl (C=O) groups is 1. The van der Waals surface area contributed by atoms with Gasteiger partial charge in [-0.2, -0.15) is 0 Å². The fourth-order valence-electron chi connectivity index (χ4n) is 2.60. The molecule has 7 heteroatoms. The lowest BCUT2D eigenvalue weighted by Gasteiger charge is -2.08. The minimum absolute atomic E-state index is 0.0617. The average Bonchev–Trinajstić information content (AvgIpc) is 2.70. The second-order valence-electron chi connectivity index (χ2n) is 6.43. The van der Waals surface area contributed by atoms with E-state index in [4.69, 9.17) is 10.7 Å². The molecule has 1 saturated carbocycles. The normalized spacial score (nSPS) is 20.1. The molecule has 1 amide bonds. The predicted molar refractivity (Wildman–Crippen MR) is 78.3 cm³/mol. The monoisotopic (exact) mass is 333 g/mol. The number of hydrogen-bond acceptors (Lipinski definition) is 3. The number of rotatable bonds is 3. The molecule has 21 heavy (non-hydrogen) atoms. The number of carbonyl (C=O) groups excluding carboxylic acids is 1. The number of halogens is 2. The van der Waals surface area contributed by atoms with Crippen molar-refractivity contribution < 1.29 is 17.6 Å². The first-order valence-corrected chi connectivity index (χ1v) is 8.75. The molecule has 1 fully saturated rings. The van der Waals surface area contributed by atoms with Gasteiger partial charge >= 0.3 is 0 Å². The Morgan fingerprint density at radius 2 is 1.76 bits per heavy atom. The summed E-state index contributed by atoms with van der Waals surface area (Å²) in [6.45, 7) is 8.10. The first kappa shape index (κ1) is 16.2. The van der Waals surface area contributed by atoms with Crippen LogP contribution in [0.1, 0.15) is 38.1 Å². The van der Waals surface area contributed by atoms with E-state index < -0.39 is 20.8 Å². The van der Waals surface area contributed by atoms with Crippen molar-refractivity contribution in [3.05, 3.63) is 29.6 Å². The summed E-state index contributed by atoms with van der Waals surface area (Å²) < 4.78 is 36.1. The zero-order chi connectivity index (χ0) is 16.2. The zero-order valence-corrected chi connectivity index (χ0v) is 13.8. The Morgan fingerprint density at radius 3 is 2.14 bits per heavy atom.